The zero-order valence-electron chi connectivity index (χ0n) is 21.1. The molecule has 212 valence electrons. The molecule has 3 aromatic carbocycles. The van der Waals surface area contributed by atoms with Crippen LogP contribution >= 0.6 is 11.8 Å². The Bertz CT molecular complexity index is 1530. The molecular weight excluding hydrogens is 561 g/mol. The number of carbonyl (C=O) groups is 2. The van der Waals surface area contributed by atoms with Crippen molar-refractivity contribution in [1.29, 1.82) is 5.41 Å². The molecule has 1 atom stereocenters. The summed E-state index contributed by atoms with van der Waals surface area (Å²) in [7, 11) is 0. The van der Waals surface area contributed by atoms with Crippen LogP contribution in [0.15, 0.2) is 83.3 Å². The minimum Gasteiger partial charge on any atom is -0.480 e. The van der Waals surface area contributed by atoms with Crippen LogP contribution in [0.5, 0.6) is 0 Å². The van der Waals surface area contributed by atoms with E-state index in [-0.39, 0.29) is 34.5 Å². The van der Waals surface area contributed by atoms with Crippen LogP contribution in [0.1, 0.15) is 27.2 Å². The number of carbonyl (C=O) groups excluding carboxylic acids is 1. The molecule has 1 aromatic heterocycles. The second-order valence-corrected chi connectivity index (χ2v) is 9.73. The van der Waals surface area contributed by atoms with Gasteiger partial charge in [0.05, 0.1) is 5.56 Å². The summed E-state index contributed by atoms with van der Waals surface area (Å²) < 4.78 is 44.9. The summed E-state index contributed by atoms with van der Waals surface area (Å²) in [5.41, 5.74) is 2.34. The summed E-state index contributed by atoms with van der Waals surface area (Å²) in [6.07, 6.45) is -4.55. The molecule has 0 spiro atoms. The maximum absolute atomic E-state index is 13.3. The third-order valence-electron chi connectivity index (χ3n) is 5.85. The molecule has 5 N–H and O–H groups in total. The number of thioether (sulfide) groups is 1. The number of aromatic nitrogens is 1. The molecule has 0 bridgehead atoms. The lowest BCUT2D eigenvalue weighted by Crippen LogP contribution is -2.42. The Labute approximate surface area is 235 Å². The molecule has 0 fully saturated rings. The molecule has 4 rings (SSSR count). The first-order valence-electron chi connectivity index (χ1n) is 12.0. The van der Waals surface area contributed by atoms with Crippen LogP contribution in [0.4, 0.5) is 13.2 Å². The van der Waals surface area contributed by atoms with E-state index < -0.39 is 29.7 Å². The molecule has 1 heterocycles. The van der Waals surface area contributed by atoms with Crippen molar-refractivity contribution in [3.8, 4) is 22.8 Å². The van der Waals surface area contributed by atoms with E-state index in [1.54, 1.807) is 5.48 Å². The molecular formula is C28H23F3N4O5S. The molecule has 41 heavy (non-hydrogen) atoms. The highest BCUT2D eigenvalue weighted by molar-refractivity contribution is 7.98. The summed E-state index contributed by atoms with van der Waals surface area (Å²) in [5, 5.41) is 28.8. The number of rotatable bonds is 10. The number of carboxylic acids is 1. The predicted molar refractivity (Wildman–Crippen MR) is 146 cm³/mol. The van der Waals surface area contributed by atoms with Gasteiger partial charge in [0.2, 0.25) is 5.89 Å². The Balaban J connectivity index is 1.63. The minimum absolute atomic E-state index is 0.0554. The highest BCUT2D eigenvalue weighted by Crippen LogP contribution is 2.33. The zero-order chi connectivity index (χ0) is 29.6. The number of nitrogens with one attached hydrogen (secondary N) is 3. The Morgan fingerprint density at radius 1 is 0.976 bits per heavy atom. The molecule has 0 aliphatic rings. The maximum Gasteiger partial charge on any atom is 0.416 e. The molecule has 13 heteroatoms. The van der Waals surface area contributed by atoms with Crippen LogP contribution in [0.2, 0.25) is 0 Å². The summed E-state index contributed by atoms with van der Waals surface area (Å²) in [6.45, 7) is 0. The molecule has 0 saturated carbocycles. The number of nitrogens with zero attached hydrogens (tertiary/aromatic N) is 1. The molecule has 9 nitrogen and oxygen atoms in total. The average molecular weight is 585 g/mol. The van der Waals surface area contributed by atoms with Crippen molar-refractivity contribution in [1.82, 2.24) is 15.8 Å². The zero-order valence-corrected chi connectivity index (χ0v) is 21.9. The smallest absolute Gasteiger partial charge is 0.416 e. The summed E-state index contributed by atoms with van der Waals surface area (Å²) in [6, 6.07) is 18.0. The van der Waals surface area contributed by atoms with Crippen LogP contribution < -0.4 is 10.8 Å². The summed E-state index contributed by atoms with van der Waals surface area (Å²) in [5.74, 6) is -2.03. The van der Waals surface area contributed by atoms with E-state index in [0.717, 1.165) is 29.8 Å². The van der Waals surface area contributed by atoms with Crippen molar-refractivity contribution < 1.29 is 37.5 Å². The van der Waals surface area contributed by atoms with Gasteiger partial charge >= 0.3 is 12.1 Å². The Kier molecular flexibility index (Phi) is 9.10. The van der Waals surface area contributed by atoms with E-state index in [4.69, 9.17) is 15.0 Å². The second-order valence-electron chi connectivity index (χ2n) is 8.70. The maximum atomic E-state index is 13.3. The first-order chi connectivity index (χ1) is 19.6. The van der Waals surface area contributed by atoms with Gasteiger partial charge in [-0.3, -0.25) is 20.9 Å². The van der Waals surface area contributed by atoms with E-state index in [9.17, 15) is 27.9 Å². The van der Waals surface area contributed by atoms with Crippen LogP contribution in [-0.2, 0) is 16.7 Å². The normalized spacial score (nSPS) is 12.0. The third kappa shape index (κ3) is 7.32. The first-order valence-corrected chi connectivity index (χ1v) is 13.2. The van der Waals surface area contributed by atoms with E-state index >= 15 is 0 Å². The highest BCUT2D eigenvalue weighted by Gasteiger charge is 2.31. The lowest BCUT2D eigenvalue weighted by Gasteiger charge is -2.14. The van der Waals surface area contributed by atoms with Gasteiger partial charge in [-0.1, -0.05) is 54.6 Å². The van der Waals surface area contributed by atoms with E-state index in [0.29, 0.717) is 16.9 Å². The molecule has 1 amide bonds. The largest absolute Gasteiger partial charge is 0.480 e. The second kappa shape index (κ2) is 12.7. The van der Waals surface area contributed by atoms with Gasteiger partial charge in [-0.25, -0.2) is 9.78 Å². The fourth-order valence-corrected chi connectivity index (χ4v) is 4.73. The van der Waals surface area contributed by atoms with Gasteiger partial charge in [0.15, 0.2) is 11.5 Å². The lowest BCUT2D eigenvalue weighted by molar-refractivity contribution is -0.139. The summed E-state index contributed by atoms with van der Waals surface area (Å²) >= 11 is 1.31. The number of benzene rings is 3. The molecule has 0 aliphatic carbocycles. The number of oxazole rings is 1. The number of hydrogen-bond acceptors (Lipinski definition) is 7. The number of amides is 1. The van der Waals surface area contributed by atoms with Gasteiger partial charge in [-0.2, -0.15) is 24.9 Å². The number of aliphatic carboxylic acids is 1. The lowest BCUT2D eigenvalue weighted by atomic mass is 10.1. The first kappa shape index (κ1) is 29.4. The van der Waals surface area contributed by atoms with Crippen LogP contribution in [0.25, 0.3) is 22.8 Å². The molecule has 0 aliphatic heterocycles. The molecule has 4 aromatic rings. The monoisotopic (exact) mass is 584 g/mol. The summed E-state index contributed by atoms with van der Waals surface area (Å²) in [4.78, 5) is 29.4. The van der Waals surface area contributed by atoms with Crippen LogP contribution in [0, 0.1) is 5.41 Å². The van der Waals surface area contributed by atoms with Crippen molar-refractivity contribution >= 4 is 29.5 Å². The van der Waals surface area contributed by atoms with Gasteiger partial charge < -0.3 is 14.8 Å². The SMILES string of the molecule is N=C(NO)c1ccc(-c2oc(-c3ccc(C(F)(F)F)cc3)nc2C(=O)NC(CSCc2ccccc2)C(=O)O)cc1. The van der Waals surface area contributed by atoms with Crippen molar-refractivity contribution in [2.24, 2.45) is 0 Å². The third-order valence-corrected chi connectivity index (χ3v) is 6.95. The minimum atomic E-state index is -4.55. The van der Waals surface area contributed by atoms with Crippen molar-refractivity contribution in [2.75, 3.05) is 5.75 Å². The van der Waals surface area contributed by atoms with Crippen molar-refractivity contribution in [2.45, 2.75) is 18.0 Å². The molecule has 1 unspecified atom stereocenters. The van der Waals surface area contributed by atoms with Crippen LogP contribution in [-0.4, -0.2) is 44.8 Å². The van der Waals surface area contributed by atoms with Gasteiger partial charge in [0.25, 0.3) is 5.91 Å². The molecule has 0 saturated heterocycles. The van der Waals surface area contributed by atoms with Crippen LogP contribution in [0.3, 0.4) is 0 Å². The average Bonchev–Trinajstić information content (AvgIpc) is 3.42. The quantitative estimate of drug-likeness (QED) is 0.0939. The topological polar surface area (TPSA) is 149 Å². The number of alkyl halides is 3. The highest BCUT2D eigenvalue weighted by atomic mass is 32.2. The van der Waals surface area contributed by atoms with Gasteiger partial charge in [-0.05, 0) is 29.8 Å². The number of halogens is 3. The fraction of sp³-hybridized carbons (Fsp3) is 0.143. The van der Waals surface area contributed by atoms with Gasteiger partial charge in [0, 0.05) is 28.2 Å². The molecule has 0 radical (unpaired) electrons. The van der Waals surface area contributed by atoms with E-state index in [2.05, 4.69) is 10.3 Å². The Morgan fingerprint density at radius 3 is 2.20 bits per heavy atom. The number of hydroxylamine groups is 1. The fourth-order valence-electron chi connectivity index (χ4n) is 3.72. The van der Waals surface area contributed by atoms with Crippen molar-refractivity contribution in [3.05, 3.63) is 101 Å². The van der Waals surface area contributed by atoms with Gasteiger partial charge in [-0.15, -0.1) is 0 Å². The number of carboxylic acid groups (broad SMARTS) is 1. The Hall–Kier alpha value is -4.62. The predicted octanol–water partition coefficient (Wildman–Crippen LogP) is 5.45. The van der Waals surface area contributed by atoms with E-state index in [1.165, 1.54) is 36.0 Å². The number of amidine groups is 1. The van der Waals surface area contributed by atoms with E-state index in [1.807, 2.05) is 30.3 Å². The van der Waals surface area contributed by atoms with Crippen molar-refractivity contribution in [3.63, 3.8) is 0 Å². The standard InChI is InChI=1S/C28H23F3N4O5S/c29-28(30,31)20-12-10-19(11-13-20)26-34-22(23(40-26)17-6-8-18(9-7-17)24(32)35-39)25(36)33-21(27(37)38)15-41-14-16-4-2-1-3-5-16/h1-13,21,39H,14-15H2,(H2,32,35)(H,33,36)(H,37,38). The Morgan fingerprint density at radius 2 is 1.61 bits per heavy atom. The van der Waals surface area contributed by atoms with Gasteiger partial charge in [0.1, 0.15) is 11.9 Å². The number of hydrogen-bond donors (Lipinski definition) is 5.